The summed E-state index contributed by atoms with van der Waals surface area (Å²) in [5, 5.41) is 3.67. The van der Waals surface area contributed by atoms with Crippen LogP contribution >= 0.6 is 0 Å². The van der Waals surface area contributed by atoms with E-state index in [1.807, 2.05) is 21.0 Å². The fraction of sp³-hybridized carbons (Fsp3) is 0.722. The Morgan fingerprint density at radius 3 is 2.62 bits per heavy atom. The van der Waals surface area contributed by atoms with Gasteiger partial charge in [-0.2, -0.15) is 0 Å². The van der Waals surface area contributed by atoms with E-state index in [1.165, 1.54) is 24.1 Å². The van der Waals surface area contributed by atoms with Crippen molar-refractivity contribution in [2.75, 3.05) is 39.0 Å². The molecule has 1 N–H and O–H groups in total. The fourth-order valence-electron chi connectivity index (χ4n) is 3.60. The summed E-state index contributed by atoms with van der Waals surface area (Å²) < 4.78 is 0. The maximum atomic E-state index is 11.8. The lowest BCUT2D eigenvalue weighted by molar-refractivity contribution is -0.130. The van der Waals surface area contributed by atoms with Crippen LogP contribution in [0.15, 0.2) is 0 Å². The summed E-state index contributed by atoms with van der Waals surface area (Å²) in [4.78, 5) is 25.1. The summed E-state index contributed by atoms with van der Waals surface area (Å²) in [5.74, 6) is 2.11. The molecule has 0 atom stereocenters. The van der Waals surface area contributed by atoms with Gasteiger partial charge in [-0.05, 0) is 45.4 Å². The van der Waals surface area contributed by atoms with Gasteiger partial charge in [0, 0.05) is 44.5 Å². The summed E-state index contributed by atoms with van der Waals surface area (Å²) in [6, 6.07) is 0.441. The number of likely N-dealkylation sites (tertiary alicyclic amines) is 1. The topological polar surface area (TPSA) is 61.4 Å². The second kappa shape index (κ2) is 7.47. The molecule has 6 nitrogen and oxygen atoms in total. The zero-order valence-electron chi connectivity index (χ0n) is 15.1. The summed E-state index contributed by atoms with van der Waals surface area (Å²) in [7, 11) is 3.63. The lowest BCUT2D eigenvalue weighted by Crippen LogP contribution is -2.44. The van der Waals surface area contributed by atoms with E-state index in [4.69, 9.17) is 0 Å². The van der Waals surface area contributed by atoms with Crippen molar-refractivity contribution in [3.8, 4) is 0 Å². The first-order valence-corrected chi connectivity index (χ1v) is 9.08. The number of amides is 1. The van der Waals surface area contributed by atoms with Crippen molar-refractivity contribution in [1.82, 2.24) is 19.8 Å². The monoisotopic (exact) mass is 331 g/mol. The number of rotatable bonds is 4. The molecule has 0 radical (unpaired) electrons. The average molecular weight is 331 g/mol. The number of hydrogen-bond donors (Lipinski definition) is 1. The van der Waals surface area contributed by atoms with Gasteiger partial charge in [-0.15, -0.1) is 0 Å². The van der Waals surface area contributed by atoms with Gasteiger partial charge < -0.3 is 10.2 Å². The largest absolute Gasteiger partial charge is 0.367 e. The Morgan fingerprint density at radius 1 is 1.21 bits per heavy atom. The van der Waals surface area contributed by atoms with Crippen LogP contribution in [0.2, 0.25) is 0 Å². The molecule has 0 saturated carbocycles. The predicted octanol–water partition coefficient (Wildman–Crippen LogP) is 1.63. The van der Waals surface area contributed by atoms with E-state index in [2.05, 4.69) is 20.2 Å². The van der Waals surface area contributed by atoms with E-state index in [9.17, 15) is 4.79 Å². The number of likely N-dealkylation sites (N-methyl/N-ethyl adjacent to an activating group) is 1. The van der Waals surface area contributed by atoms with Gasteiger partial charge in [-0.25, -0.2) is 9.97 Å². The highest BCUT2D eigenvalue weighted by atomic mass is 16.2. The number of hydrogen-bond acceptors (Lipinski definition) is 5. The number of aryl methyl sites for hydroxylation is 2. The summed E-state index contributed by atoms with van der Waals surface area (Å²) in [6.45, 7) is 4.43. The van der Waals surface area contributed by atoms with Crippen molar-refractivity contribution in [3.63, 3.8) is 0 Å². The molecule has 0 aromatic carbocycles. The number of fused-ring (bicyclic) bond motifs is 1. The van der Waals surface area contributed by atoms with E-state index >= 15 is 0 Å². The molecule has 2 heterocycles. The zero-order valence-corrected chi connectivity index (χ0v) is 15.1. The summed E-state index contributed by atoms with van der Waals surface area (Å²) in [5.41, 5.74) is 2.57. The van der Waals surface area contributed by atoms with E-state index in [1.54, 1.807) is 4.90 Å². The van der Waals surface area contributed by atoms with Crippen LogP contribution in [0.1, 0.15) is 42.8 Å². The Balaban J connectivity index is 1.59. The van der Waals surface area contributed by atoms with E-state index in [0.29, 0.717) is 12.6 Å². The van der Waals surface area contributed by atoms with Gasteiger partial charge in [-0.3, -0.25) is 9.69 Å². The lowest BCUT2D eigenvalue weighted by atomic mass is 9.95. The second-order valence-electron chi connectivity index (χ2n) is 7.23. The molecule has 0 spiro atoms. The molecule has 1 aliphatic heterocycles. The highest BCUT2D eigenvalue weighted by molar-refractivity contribution is 5.77. The SMILES string of the molecule is Cc1nc2c(c(NC3CCN(CC(=O)N(C)C)CC3)n1)CCCC2. The lowest BCUT2D eigenvalue weighted by Gasteiger charge is -2.33. The predicted molar refractivity (Wildman–Crippen MR) is 95.2 cm³/mol. The van der Waals surface area contributed by atoms with Crippen molar-refractivity contribution in [3.05, 3.63) is 17.1 Å². The molecule has 24 heavy (non-hydrogen) atoms. The van der Waals surface area contributed by atoms with Crippen LogP contribution < -0.4 is 5.32 Å². The molecule has 1 amide bonds. The average Bonchev–Trinajstić information content (AvgIpc) is 2.56. The molecule has 2 aliphatic rings. The molecule has 0 bridgehead atoms. The van der Waals surface area contributed by atoms with Crippen LogP contribution in [0.5, 0.6) is 0 Å². The van der Waals surface area contributed by atoms with E-state index in [0.717, 1.165) is 50.4 Å². The molecule has 6 heteroatoms. The quantitative estimate of drug-likeness (QED) is 0.909. The number of nitrogens with one attached hydrogen (secondary N) is 1. The first kappa shape index (κ1) is 17.1. The maximum Gasteiger partial charge on any atom is 0.236 e. The minimum atomic E-state index is 0.182. The van der Waals surface area contributed by atoms with Crippen molar-refractivity contribution in [2.45, 2.75) is 51.5 Å². The zero-order chi connectivity index (χ0) is 17.1. The molecule has 1 aromatic heterocycles. The molecule has 1 saturated heterocycles. The third kappa shape index (κ3) is 4.04. The van der Waals surface area contributed by atoms with Gasteiger partial charge in [0.15, 0.2) is 0 Å². The molecular weight excluding hydrogens is 302 g/mol. The third-order valence-electron chi connectivity index (χ3n) is 5.08. The van der Waals surface area contributed by atoms with Crippen LogP contribution in [0, 0.1) is 6.92 Å². The molecule has 1 fully saturated rings. The van der Waals surface area contributed by atoms with Crippen molar-refractivity contribution in [1.29, 1.82) is 0 Å². The van der Waals surface area contributed by atoms with Gasteiger partial charge in [0.2, 0.25) is 5.91 Å². The smallest absolute Gasteiger partial charge is 0.236 e. The Morgan fingerprint density at radius 2 is 1.92 bits per heavy atom. The molecule has 132 valence electrons. The van der Waals surface area contributed by atoms with Gasteiger partial charge in [0.25, 0.3) is 0 Å². The van der Waals surface area contributed by atoms with E-state index in [-0.39, 0.29) is 5.91 Å². The van der Waals surface area contributed by atoms with Crippen LogP contribution in [-0.2, 0) is 17.6 Å². The molecular formula is C18H29N5O. The van der Waals surface area contributed by atoms with Gasteiger partial charge in [-0.1, -0.05) is 0 Å². The van der Waals surface area contributed by atoms with Crippen molar-refractivity contribution < 1.29 is 4.79 Å². The Bertz CT molecular complexity index is 593. The highest BCUT2D eigenvalue weighted by Gasteiger charge is 2.24. The summed E-state index contributed by atoms with van der Waals surface area (Å²) >= 11 is 0. The second-order valence-corrected chi connectivity index (χ2v) is 7.23. The number of aromatic nitrogens is 2. The molecule has 1 aromatic rings. The minimum absolute atomic E-state index is 0.182. The van der Waals surface area contributed by atoms with Gasteiger partial charge in [0.05, 0.1) is 6.54 Å². The number of carbonyl (C=O) groups is 1. The van der Waals surface area contributed by atoms with Crippen molar-refractivity contribution >= 4 is 11.7 Å². The molecule has 1 aliphatic carbocycles. The normalized spacial score (nSPS) is 19.0. The fourth-order valence-corrected chi connectivity index (χ4v) is 3.60. The van der Waals surface area contributed by atoms with Gasteiger partial charge in [0.1, 0.15) is 11.6 Å². The standard InChI is InChI=1S/C18H29N5O/c1-13-19-16-7-5-4-6-15(16)18(20-13)21-14-8-10-23(11-9-14)12-17(24)22(2)3/h14H,4-12H2,1-3H3,(H,19,20,21). The van der Waals surface area contributed by atoms with Crippen LogP contribution in [0.4, 0.5) is 5.82 Å². The first-order valence-electron chi connectivity index (χ1n) is 9.08. The number of piperidine rings is 1. The molecule has 3 rings (SSSR count). The Hall–Kier alpha value is -1.69. The number of carbonyl (C=O) groups excluding carboxylic acids is 1. The number of anilines is 1. The number of nitrogens with zero attached hydrogens (tertiary/aromatic N) is 4. The van der Waals surface area contributed by atoms with Crippen LogP contribution in [-0.4, -0.2) is 65.4 Å². The van der Waals surface area contributed by atoms with E-state index < -0.39 is 0 Å². The highest BCUT2D eigenvalue weighted by Crippen LogP contribution is 2.27. The van der Waals surface area contributed by atoms with Crippen LogP contribution in [0.25, 0.3) is 0 Å². The van der Waals surface area contributed by atoms with Crippen molar-refractivity contribution in [2.24, 2.45) is 0 Å². The Labute approximate surface area is 144 Å². The van der Waals surface area contributed by atoms with Crippen LogP contribution in [0.3, 0.4) is 0 Å². The minimum Gasteiger partial charge on any atom is -0.367 e. The third-order valence-corrected chi connectivity index (χ3v) is 5.08. The summed E-state index contributed by atoms with van der Waals surface area (Å²) in [6.07, 6.45) is 6.75. The van der Waals surface area contributed by atoms with Gasteiger partial charge >= 0.3 is 0 Å². The first-order chi connectivity index (χ1) is 11.5. The Kier molecular flexibility index (Phi) is 5.33. The maximum absolute atomic E-state index is 11.8. The molecule has 0 unspecified atom stereocenters.